The summed E-state index contributed by atoms with van der Waals surface area (Å²) in [6.07, 6.45) is 0. The van der Waals surface area contributed by atoms with Gasteiger partial charge in [0.1, 0.15) is 0 Å². The van der Waals surface area contributed by atoms with E-state index in [-0.39, 0.29) is 0 Å². The Morgan fingerprint density at radius 1 is 0.333 bits per heavy atom. The van der Waals surface area contributed by atoms with Gasteiger partial charge in [-0.15, -0.1) is 12.6 Å². The molecule has 0 aliphatic rings. The largest absolute Gasteiger partial charge is 0.143 e. The lowest BCUT2D eigenvalue weighted by Gasteiger charge is -2.23. The SMILES string of the molecule is Cc1ccc(-c2ccccc2-c2cc(C)c3c(C)ccc4c5c(-c6ccccc6-c6ccccc6)ccc6c(S)ccc(c2c34)c65)cc1. The summed E-state index contributed by atoms with van der Waals surface area (Å²) in [5.41, 5.74) is 13.8. The maximum absolute atomic E-state index is 5.04. The van der Waals surface area contributed by atoms with Gasteiger partial charge in [-0.2, -0.15) is 0 Å². The van der Waals surface area contributed by atoms with E-state index in [0.717, 1.165) is 4.90 Å². The third-order valence-corrected chi connectivity index (χ3v) is 10.7. The highest BCUT2D eigenvalue weighted by molar-refractivity contribution is 7.80. The second-order valence-electron chi connectivity index (χ2n) is 13.2. The van der Waals surface area contributed by atoms with Crippen molar-refractivity contribution in [2.75, 3.05) is 0 Å². The first-order valence-corrected chi connectivity index (χ1v) is 17.1. The topological polar surface area (TPSA) is 0 Å². The fourth-order valence-electron chi connectivity index (χ4n) is 8.10. The second kappa shape index (κ2) is 11.1. The minimum absolute atomic E-state index is 0.999. The highest BCUT2D eigenvalue weighted by Gasteiger charge is 2.23. The van der Waals surface area contributed by atoms with Crippen molar-refractivity contribution in [1.82, 2.24) is 0 Å². The minimum atomic E-state index is 0.999. The Morgan fingerprint density at radius 3 is 1.58 bits per heavy atom. The van der Waals surface area contributed by atoms with Crippen LogP contribution in [0.4, 0.5) is 0 Å². The molecule has 0 N–H and O–H groups in total. The molecule has 0 saturated heterocycles. The van der Waals surface area contributed by atoms with E-state index in [1.54, 1.807) is 0 Å². The third kappa shape index (κ3) is 4.31. The molecule has 0 unspecified atom stereocenters. The molecular weight excluding hydrogens is 597 g/mol. The summed E-state index contributed by atoms with van der Waals surface area (Å²) in [6, 6.07) is 53.7. The molecule has 0 saturated carbocycles. The highest BCUT2D eigenvalue weighted by Crippen LogP contribution is 2.51. The highest BCUT2D eigenvalue weighted by atomic mass is 32.1. The van der Waals surface area contributed by atoms with E-state index in [2.05, 4.69) is 166 Å². The van der Waals surface area contributed by atoms with Crippen LogP contribution >= 0.6 is 12.6 Å². The molecule has 9 rings (SSSR count). The predicted molar refractivity (Wildman–Crippen MR) is 211 cm³/mol. The summed E-state index contributed by atoms with van der Waals surface area (Å²) in [4.78, 5) is 0.999. The van der Waals surface area contributed by atoms with Crippen LogP contribution in [0.15, 0.2) is 150 Å². The molecule has 0 spiro atoms. The zero-order valence-electron chi connectivity index (χ0n) is 27.3. The average molecular weight is 631 g/mol. The number of rotatable bonds is 4. The van der Waals surface area contributed by atoms with E-state index >= 15 is 0 Å². The molecule has 0 nitrogen and oxygen atoms in total. The molecule has 9 aromatic rings. The molecule has 9 aromatic carbocycles. The van der Waals surface area contributed by atoms with Gasteiger partial charge in [-0.25, -0.2) is 0 Å². The Morgan fingerprint density at radius 2 is 0.875 bits per heavy atom. The van der Waals surface area contributed by atoms with Gasteiger partial charge in [0.25, 0.3) is 0 Å². The van der Waals surface area contributed by atoms with Crippen LogP contribution in [0.1, 0.15) is 16.7 Å². The lowest BCUT2D eigenvalue weighted by molar-refractivity contribution is 1.46. The van der Waals surface area contributed by atoms with E-state index in [9.17, 15) is 0 Å². The Kier molecular flexibility index (Phi) is 6.67. The Balaban J connectivity index is 1.48. The van der Waals surface area contributed by atoms with Crippen LogP contribution in [0.25, 0.3) is 87.6 Å². The van der Waals surface area contributed by atoms with Gasteiger partial charge >= 0.3 is 0 Å². The molecule has 48 heavy (non-hydrogen) atoms. The molecule has 0 aliphatic carbocycles. The second-order valence-corrected chi connectivity index (χ2v) is 13.6. The van der Waals surface area contributed by atoms with Crippen molar-refractivity contribution in [1.29, 1.82) is 0 Å². The molecule has 0 radical (unpaired) electrons. The smallest absolute Gasteiger partial charge is 0.0119 e. The molecule has 0 aliphatic heterocycles. The molecule has 1 heteroatoms. The van der Waals surface area contributed by atoms with E-state index < -0.39 is 0 Å². The first-order valence-electron chi connectivity index (χ1n) is 16.7. The zero-order valence-corrected chi connectivity index (χ0v) is 28.2. The Labute approximate surface area is 287 Å². The zero-order chi connectivity index (χ0) is 32.5. The van der Waals surface area contributed by atoms with Gasteiger partial charge in [0.05, 0.1) is 0 Å². The first-order chi connectivity index (χ1) is 23.5. The first kappa shape index (κ1) is 28.8. The fourth-order valence-corrected chi connectivity index (χ4v) is 8.37. The number of hydrogen-bond acceptors (Lipinski definition) is 1. The summed E-state index contributed by atoms with van der Waals surface area (Å²) >= 11 is 5.04. The summed E-state index contributed by atoms with van der Waals surface area (Å²) in [5.74, 6) is 0. The monoisotopic (exact) mass is 630 g/mol. The van der Waals surface area contributed by atoms with E-state index in [0.29, 0.717) is 0 Å². The van der Waals surface area contributed by atoms with Crippen molar-refractivity contribution >= 4 is 55.7 Å². The summed E-state index contributed by atoms with van der Waals surface area (Å²) < 4.78 is 0. The quantitative estimate of drug-likeness (QED) is 0.112. The standard InChI is InChI=1S/C47H34S/c1-28-17-20-32(21-18-28)34-14-8-10-16-36(34)41-27-30(3)43-29(2)19-22-40-44-37(35-15-9-7-13-33(35)31-11-5-4-6-12-31)23-24-38-42(48)26-25-39(45(38)44)46(41)47(40)43/h4-27,48H,1-3H3. The molecule has 0 atom stereocenters. The molecule has 0 amide bonds. The predicted octanol–water partition coefficient (Wildman–Crippen LogP) is 13.6. The summed E-state index contributed by atoms with van der Waals surface area (Å²) in [7, 11) is 0. The molecule has 0 heterocycles. The van der Waals surface area contributed by atoms with Crippen molar-refractivity contribution in [2.24, 2.45) is 0 Å². The van der Waals surface area contributed by atoms with Crippen LogP contribution in [-0.2, 0) is 0 Å². The van der Waals surface area contributed by atoms with Gasteiger partial charge in [-0.3, -0.25) is 0 Å². The van der Waals surface area contributed by atoms with Gasteiger partial charge in [-0.1, -0.05) is 145 Å². The van der Waals surface area contributed by atoms with Gasteiger partial charge in [0, 0.05) is 4.90 Å². The van der Waals surface area contributed by atoms with E-state index in [1.807, 2.05) is 0 Å². The molecular formula is C47H34S. The number of aryl methyl sites for hydroxylation is 3. The molecule has 0 fully saturated rings. The minimum Gasteiger partial charge on any atom is -0.143 e. The van der Waals surface area contributed by atoms with Crippen LogP contribution < -0.4 is 0 Å². The van der Waals surface area contributed by atoms with E-state index in [1.165, 1.54) is 104 Å². The lowest BCUT2D eigenvalue weighted by Crippen LogP contribution is -1.97. The Hall–Kier alpha value is -5.37. The van der Waals surface area contributed by atoms with Gasteiger partial charge in [0.2, 0.25) is 0 Å². The van der Waals surface area contributed by atoms with Crippen LogP contribution in [0, 0.1) is 20.8 Å². The fraction of sp³-hybridized carbons (Fsp3) is 0.0638. The van der Waals surface area contributed by atoms with Crippen molar-refractivity contribution in [3.8, 4) is 44.5 Å². The van der Waals surface area contributed by atoms with Gasteiger partial charge in [-0.05, 0) is 126 Å². The molecule has 228 valence electrons. The van der Waals surface area contributed by atoms with Crippen LogP contribution in [0.3, 0.4) is 0 Å². The number of benzene rings is 9. The normalized spacial score (nSPS) is 11.8. The number of hydrogen-bond donors (Lipinski definition) is 1. The number of thiol groups is 1. The summed E-state index contributed by atoms with van der Waals surface area (Å²) in [5, 5.41) is 10.3. The van der Waals surface area contributed by atoms with Crippen LogP contribution in [-0.4, -0.2) is 0 Å². The lowest BCUT2D eigenvalue weighted by atomic mass is 9.80. The Bertz CT molecular complexity index is 2680. The third-order valence-electron chi connectivity index (χ3n) is 10.3. The van der Waals surface area contributed by atoms with Gasteiger partial charge < -0.3 is 0 Å². The van der Waals surface area contributed by atoms with Crippen LogP contribution in [0.5, 0.6) is 0 Å². The van der Waals surface area contributed by atoms with Gasteiger partial charge in [0.15, 0.2) is 0 Å². The average Bonchev–Trinajstić information content (AvgIpc) is 3.12. The van der Waals surface area contributed by atoms with Crippen molar-refractivity contribution in [3.63, 3.8) is 0 Å². The van der Waals surface area contributed by atoms with Crippen LogP contribution in [0.2, 0.25) is 0 Å². The van der Waals surface area contributed by atoms with Crippen molar-refractivity contribution in [3.05, 3.63) is 162 Å². The maximum Gasteiger partial charge on any atom is 0.0119 e. The van der Waals surface area contributed by atoms with E-state index in [4.69, 9.17) is 12.6 Å². The molecule has 0 bridgehead atoms. The van der Waals surface area contributed by atoms with Crippen molar-refractivity contribution < 1.29 is 0 Å². The number of fused-ring (bicyclic) bond motifs is 2. The summed E-state index contributed by atoms with van der Waals surface area (Å²) in [6.45, 7) is 6.69. The van der Waals surface area contributed by atoms with Crippen molar-refractivity contribution in [2.45, 2.75) is 25.7 Å². The maximum atomic E-state index is 5.04. The molecule has 0 aromatic heterocycles.